The van der Waals surface area contributed by atoms with Crippen LogP contribution in [0.2, 0.25) is 0 Å². The van der Waals surface area contributed by atoms with Gasteiger partial charge in [-0.1, -0.05) is 35.9 Å². The van der Waals surface area contributed by atoms with E-state index in [9.17, 15) is 18.4 Å². The third kappa shape index (κ3) is 3.49. The van der Waals surface area contributed by atoms with Gasteiger partial charge in [-0.3, -0.25) is 9.59 Å². The van der Waals surface area contributed by atoms with Crippen molar-refractivity contribution in [2.45, 2.75) is 25.3 Å². The van der Waals surface area contributed by atoms with Crippen LogP contribution in [0.5, 0.6) is 0 Å². The quantitative estimate of drug-likeness (QED) is 0.918. The van der Waals surface area contributed by atoms with Crippen LogP contribution < -0.4 is 5.32 Å². The maximum Gasteiger partial charge on any atom is 0.268 e. The van der Waals surface area contributed by atoms with E-state index in [4.69, 9.17) is 5.26 Å². The van der Waals surface area contributed by atoms with Gasteiger partial charge in [0, 0.05) is 12.0 Å². The fourth-order valence-electron chi connectivity index (χ4n) is 3.13. The highest BCUT2D eigenvalue weighted by atomic mass is 19.3. The summed E-state index contributed by atoms with van der Waals surface area (Å²) in [6.07, 6.45) is -0.675. The molecular formula is C19H17F2N3O2. The molecule has 1 unspecified atom stereocenters. The topological polar surface area (TPSA) is 73.2 Å². The molecule has 7 heteroatoms. The Hall–Kier alpha value is -3.01. The second kappa shape index (κ2) is 6.71. The van der Waals surface area contributed by atoms with Gasteiger partial charge in [0.1, 0.15) is 6.04 Å². The van der Waals surface area contributed by atoms with E-state index in [1.54, 1.807) is 18.2 Å². The van der Waals surface area contributed by atoms with E-state index in [1.165, 1.54) is 0 Å². The second-order valence-electron chi connectivity index (χ2n) is 6.44. The minimum atomic E-state index is -3.08. The Balaban J connectivity index is 1.73. The van der Waals surface area contributed by atoms with Crippen LogP contribution in [-0.2, 0) is 4.79 Å². The highest BCUT2D eigenvalue weighted by Crippen LogP contribution is 2.31. The number of aryl methyl sites for hydroxylation is 1. The number of benzene rings is 2. The standard InChI is InChI=1S/C19H17F2N3O2/c1-12-5-6-13-3-2-4-15(16(13)7-12)18(26)23-10-17(25)24-11-19(20,21)8-14(24)9-22/h2-7,14H,8,10-11H2,1H3,(H,23,26). The number of carbonyl (C=O) groups excluding carboxylic acids is 2. The minimum absolute atomic E-state index is 0.405. The molecule has 0 aromatic heterocycles. The van der Waals surface area contributed by atoms with E-state index in [2.05, 4.69) is 5.32 Å². The normalized spacial score (nSPS) is 18.5. The summed E-state index contributed by atoms with van der Waals surface area (Å²) in [6.45, 7) is 0.677. The van der Waals surface area contributed by atoms with E-state index in [1.807, 2.05) is 31.2 Å². The molecule has 26 heavy (non-hydrogen) atoms. The lowest BCUT2D eigenvalue weighted by molar-refractivity contribution is -0.131. The van der Waals surface area contributed by atoms with Crippen LogP contribution in [0.25, 0.3) is 10.8 Å². The van der Waals surface area contributed by atoms with Crippen molar-refractivity contribution in [3.63, 3.8) is 0 Å². The summed E-state index contributed by atoms with van der Waals surface area (Å²) < 4.78 is 26.9. The lowest BCUT2D eigenvalue weighted by atomic mass is 10.0. The lowest BCUT2D eigenvalue weighted by Crippen LogP contribution is -2.43. The Bertz CT molecular complexity index is 921. The molecule has 3 rings (SSSR count). The van der Waals surface area contributed by atoms with Crippen molar-refractivity contribution in [2.24, 2.45) is 0 Å². The number of hydrogen-bond acceptors (Lipinski definition) is 3. The first-order valence-electron chi connectivity index (χ1n) is 8.15. The van der Waals surface area contributed by atoms with Gasteiger partial charge in [0.25, 0.3) is 11.8 Å². The van der Waals surface area contributed by atoms with E-state index in [0.29, 0.717) is 5.56 Å². The van der Waals surface area contributed by atoms with E-state index in [0.717, 1.165) is 21.2 Å². The molecule has 2 aromatic rings. The lowest BCUT2D eigenvalue weighted by Gasteiger charge is -2.19. The molecule has 0 aliphatic carbocycles. The van der Waals surface area contributed by atoms with Crippen molar-refractivity contribution in [3.05, 3.63) is 47.5 Å². The molecular weight excluding hydrogens is 340 g/mol. The molecule has 2 aromatic carbocycles. The number of nitrogens with one attached hydrogen (secondary N) is 1. The third-order valence-electron chi connectivity index (χ3n) is 4.42. The smallest absolute Gasteiger partial charge is 0.268 e. The van der Waals surface area contributed by atoms with Crippen molar-refractivity contribution >= 4 is 22.6 Å². The van der Waals surface area contributed by atoms with Crippen molar-refractivity contribution in [3.8, 4) is 6.07 Å². The molecule has 134 valence electrons. The molecule has 1 saturated heterocycles. The molecule has 0 bridgehead atoms. The zero-order chi connectivity index (χ0) is 18.9. The van der Waals surface area contributed by atoms with E-state index in [-0.39, 0.29) is 0 Å². The first kappa shape index (κ1) is 17.8. The molecule has 5 nitrogen and oxygen atoms in total. The van der Waals surface area contributed by atoms with E-state index >= 15 is 0 Å². The monoisotopic (exact) mass is 357 g/mol. The summed E-state index contributed by atoms with van der Waals surface area (Å²) in [7, 11) is 0. The van der Waals surface area contributed by atoms with Crippen molar-refractivity contribution in [1.82, 2.24) is 10.2 Å². The van der Waals surface area contributed by atoms with Gasteiger partial charge in [-0.15, -0.1) is 0 Å². The van der Waals surface area contributed by atoms with Crippen molar-refractivity contribution in [2.75, 3.05) is 13.1 Å². The second-order valence-corrected chi connectivity index (χ2v) is 6.44. The number of carbonyl (C=O) groups is 2. The van der Waals surface area contributed by atoms with E-state index < -0.39 is 43.3 Å². The Morgan fingerprint density at radius 3 is 2.85 bits per heavy atom. The predicted octanol–water partition coefficient (Wildman–Crippen LogP) is 2.64. The fourth-order valence-corrected chi connectivity index (χ4v) is 3.13. The zero-order valence-corrected chi connectivity index (χ0v) is 14.1. The summed E-state index contributed by atoms with van der Waals surface area (Å²) in [4.78, 5) is 25.5. The van der Waals surface area contributed by atoms with Crippen LogP contribution in [0.4, 0.5) is 8.78 Å². The number of alkyl halides is 2. The van der Waals surface area contributed by atoms with Gasteiger partial charge in [0.05, 0.1) is 19.2 Å². The highest BCUT2D eigenvalue weighted by Gasteiger charge is 2.47. The number of rotatable bonds is 3. The number of likely N-dealkylation sites (tertiary alicyclic amines) is 1. The van der Waals surface area contributed by atoms with Crippen LogP contribution in [0.1, 0.15) is 22.3 Å². The fraction of sp³-hybridized carbons (Fsp3) is 0.316. The average Bonchev–Trinajstić information content (AvgIpc) is 2.93. The van der Waals surface area contributed by atoms with Crippen LogP contribution in [0.3, 0.4) is 0 Å². The van der Waals surface area contributed by atoms with Gasteiger partial charge in [-0.05, 0) is 23.8 Å². The summed E-state index contributed by atoms with van der Waals surface area (Å²) in [6, 6.07) is 11.5. The molecule has 1 fully saturated rings. The Labute approximate surface area is 149 Å². The summed E-state index contributed by atoms with van der Waals surface area (Å²) in [5.41, 5.74) is 1.40. The van der Waals surface area contributed by atoms with Crippen LogP contribution in [0.15, 0.2) is 36.4 Å². The highest BCUT2D eigenvalue weighted by molar-refractivity contribution is 6.08. The Morgan fingerprint density at radius 2 is 2.12 bits per heavy atom. The number of amides is 2. The summed E-state index contributed by atoms with van der Waals surface area (Å²) in [5, 5.41) is 13.1. The minimum Gasteiger partial charge on any atom is -0.343 e. The summed E-state index contributed by atoms with van der Waals surface area (Å²) >= 11 is 0. The predicted molar refractivity (Wildman–Crippen MR) is 91.7 cm³/mol. The van der Waals surface area contributed by atoms with Gasteiger partial charge < -0.3 is 10.2 Å². The first-order chi connectivity index (χ1) is 12.3. The maximum atomic E-state index is 13.4. The number of nitriles is 1. The van der Waals surface area contributed by atoms with Gasteiger partial charge in [0.15, 0.2) is 0 Å². The molecule has 1 N–H and O–H groups in total. The summed E-state index contributed by atoms with van der Waals surface area (Å²) in [5.74, 6) is -4.24. The molecule has 0 saturated carbocycles. The van der Waals surface area contributed by atoms with Crippen LogP contribution in [-0.4, -0.2) is 41.8 Å². The molecule has 2 amide bonds. The van der Waals surface area contributed by atoms with Crippen molar-refractivity contribution in [1.29, 1.82) is 5.26 Å². The average molecular weight is 357 g/mol. The molecule has 1 atom stereocenters. The number of nitrogens with zero attached hydrogens (tertiary/aromatic N) is 2. The first-order valence-corrected chi connectivity index (χ1v) is 8.15. The van der Waals surface area contributed by atoms with Gasteiger partial charge in [-0.2, -0.15) is 5.26 Å². The van der Waals surface area contributed by atoms with Gasteiger partial charge in [-0.25, -0.2) is 8.78 Å². The molecule has 1 aliphatic rings. The number of hydrogen-bond donors (Lipinski definition) is 1. The van der Waals surface area contributed by atoms with Crippen molar-refractivity contribution < 1.29 is 18.4 Å². The number of halogens is 2. The molecule has 1 heterocycles. The number of fused-ring (bicyclic) bond motifs is 1. The third-order valence-corrected chi connectivity index (χ3v) is 4.42. The zero-order valence-electron chi connectivity index (χ0n) is 14.1. The molecule has 0 spiro atoms. The SMILES string of the molecule is Cc1ccc2cccc(C(=O)NCC(=O)N3CC(F)(F)CC3C#N)c2c1. The largest absolute Gasteiger partial charge is 0.343 e. The maximum absolute atomic E-state index is 13.4. The molecule has 1 aliphatic heterocycles. The molecule has 0 radical (unpaired) electrons. The van der Waals surface area contributed by atoms with Gasteiger partial charge >= 0.3 is 0 Å². The van der Waals surface area contributed by atoms with Crippen LogP contribution >= 0.6 is 0 Å². The Morgan fingerprint density at radius 1 is 1.35 bits per heavy atom. The Kier molecular flexibility index (Phi) is 4.60. The van der Waals surface area contributed by atoms with Crippen LogP contribution in [0, 0.1) is 18.3 Å². The van der Waals surface area contributed by atoms with Gasteiger partial charge in [0.2, 0.25) is 5.91 Å².